The second-order valence-electron chi connectivity index (χ2n) is 3.75. The van der Waals surface area contributed by atoms with Crippen molar-refractivity contribution in [3.05, 3.63) is 34.4 Å². The molecule has 0 aliphatic carbocycles. The third-order valence-corrected chi connectivity index (χ3v) is 3.50. The maximum absolute atomic E-state index is 11.2. The molecular formula is C12H12N2O4S. The molecule has 0 radical (unpaired) electrons. The summed E-state index contributed by atoms with van der Waals surface area (Å²) in [5.74, 6) is -0.328. The van der Waals surface area contributed by atoms with Crippen LogP contribution in [0.2, 0.25) is 0 Å². The van der Waals surface area contributed by atoms with Gasteiger partial charge in [-0.15, -0.1) is 11.3 Å². The zero-order valence-electron chi connectivity index (χ0n) is 10.2. The van der Waals surface area contributed by atoms with Crippen LogP contribution >= 0.6 is 11.3 Å². The van der Waals surface area contributed by atoms with Gasteiger partial charge >= 0.3 is 5.97 Å². The first-order valence-corrected chi connectivity index (χ1v) is 6.49. The zero-order valence-corrected chi connectivity index (χ0v) is 11.0. The number of carbonyl (C=O) groups is 1. The Morgan fingerprint density at radius 2 is 2.26 bits per heavy atom. The van der Waals surface area contributed by atoms with Gasteiger partial charge in [0, 0.05) is 22.2 Å². The Hall–Kier alpha value is -2.15. The number of carbonyl (C=O) groups excluding carboxylic acids is 1. The normalized spacial score (nSPS) is 10.4. The Morgan fingerprint density at radius 1 is 1.47 bits per heavy atom. The SMILES string of the molecule is CCOC(=O)CNc1cc2cc([N+](=O)[O-])ccc2s1. The first kappa shape index (κ1) is 13.3. The summed E-state index contributed by atoms with van der Waals surface area (Å²) >= 11 is 1.44. The smallest absolute Gasteiger partial charge is 0.325 e. The highest BCUT2D eigenvalue weighted by atomic mass is 32.1. The van der Waals surface area contributed by atoms with E-state index in [1.54, 1.807) is 19.1 Å². The van der Waals surface area contributed by atoms with Gasteiger partial charge in [0.1, 0.15) is 6.54 Å². The number of nitro benzene ring substituents is 1. The van der Waals surface area contributed by atoms with Crippen LogP contribution in [0.5, 0.6) is 0 Å². The molecular weight excluding hydrogens is 268 g/mol. The molecule has 0 aliphatic rings. The second-order valence-corrected chi connectivity index (χ2v) is 4.83. The van der Waals surface area contributed by atoms with Crippen LogP contribution in [-0.2, 0) is 9.53 Å². The van der Waals surface area contributed by atoms with Gasteiger partial charge in [-0.05, 0) is 19.1 Å². The summed E-state index contributed by atoms with van der Waals surface area (Å²) in [6.07, 6.45) is 0. The third kappa shape index (κ3) is 3.19. The molecule has 0 atom stereocenters. The lowest BCUT2D eigenvalue weighted by Gasteiger charge is -2.02. The number of ether oxygens (including phenoxy) is 1. The predicted molar refractivity (Wildman–Crippen MR) is 73.6 cm³/mol. The van der Waals surface area contributed by atoms with E-state index in [1.165, 1.54) is 23.5 Å². The minimum atomic E-state index is -0.428. The van der Waals surface area contributed by atoms with Gasteiger partial charge in [0.05, 0.1) is 16.5 Å². The van der Waals surface area contributed by atoms with Gasteiger partial charge in [-0.25, -0.2) is 0 Å². The van der Waals surface area contributed by atoms with Crippen molar-refractivity contribution in [1.29, 1.82) is 0 Å². The highest BCUT2D eigenvalue weighted by molar-refractivity contribution is 7.22. The largest absolute Gasteiger partial charge is 0.465 e. The van der Waals surface area contributed by atoms with Crippen molar-refractivity contribution in [1.82, 2.24) is 0 Å². The van der Waals surface area contributed by atoms with E-state index in [0.717, 1.165) is 15.1 Å². The Kier molecular flexibility index (Phi) is 3.96. The van der Waals surface area contributed by atoms with E-state index >= 15 is 0 Å². The van der Waals surface area contributed by atoms with Crippen LogP contribution in [0.3, 0.4) is 0 Å². The number of hydrogen-bond donors (Lipinski definition) is 1. The van der Waals surface area contributed by atoms with Crippen molar-refractivity contribution >= 4 is 38.1 Å². The van der Waals surface area contributed by atoms with Crippen LogP contribution < -0.4 is 5.32 Å². The molecule has 0 spiro atoms. The van der Waals surface area contributed by atoms with Crippen molar-refractivity contribution in [3.63, 3.8) is 0 Å². The summed E-state index contributed by atoms with van der Waals surface area (Å²) in [5, 5.41) is 15.2. The predicted octanol–water partition coefficient (Wildman–Crippen LogP) is 2.78. The monoisotopic (exact) mass is 280 g/mol. The van der Waals surface area contributed by atoms with Gasteiger partial charge in [0.25, 0.3) is 5.69 Å². The van der Waals surface area contributed by atoms with Crippen molar-refractivity contribution in [2.75, 3.05) is 18.5 Å². The average Bonchev–Trinajstić information content (AvgIpc) is 2.78. The minimum absolute atomic E-state index is 0.0576. The van der Waals surface area contributed by atoms with E-state index in [-0.39, 0.29) is 18.2 Å². The standard InChI is InChI=1S/C12H12N2O4S/c1-2-18-12(15)7-13-11-6-8-5-9(14(16)17)3-4-10(8)19-11/h3-6,13H,2,7H2,1H3. The molecule has 6 nitrogen and oxygen atoms in total. The van der Waals surface area contributed by atoms with Crippen LogP contribution in [-0.4, -0.2) is 24.0 Å². The maximum Gasteiger partial charge on any atom is 0.325 e. The van der Waals surface area contributed by atoms with E-state index < -0.39 is 4.92 Å². The molecule has 1 N–H and O–H groups in total. The molecule has 2 aromatic rings. The number of thiophene rings is 1. The van der Waals surface area contributed by atoms with Crippen LogP contribution in [0.25, 0.3) is 10.1 Å². The van der Waals surface area contributed by atoms with E-state index in [4.69, 9.17) is 4.74 Å². The fourth-order valence-electron chi connectivity index (χ4n) is 1.60. The van der Waals surface area contributed by atoms with Crippen molar-refractivity contribution in [2.24, 2.45) is 0 Å². The number of nitro groups is 1. The molecule has 0 bridgehead atoms. The summed E-state index contributed by atoms with van der Waals surface area (Å²) in [5.41, 5.74) is 0.0576. The summed E-state index contributed by atoms with van der Waals surface area (Å²) in [4.78, 5) is 21.4. The Balaban J connectivity index is 2.13. The van der Waals surface area contributed by atoms with Gasteiger partial charge in [0.2, 0.25) is 0 Å². The molecule has 0 aliphatic heterocycles. The first-order chi connectivity index (χ1) is 9.10. The zero-order chi connectivity index (χ0) is 13.8. The lowest BCUT2D eigenvalue weighted by molar-refractivity contribution is -0.384. The molecule has 1 heterocycles. The topological polar surface area (TPSA) is 81.5 Å². The van der Waals surface area contributed by atoms with E-state index in [1.807, 2.05) is 0 Å². The number of anilines is 1. The molecule has 1 aromatic heterocycles. The van der Waals surface area contributed by atoms with Crippen LogP contribution in [0.4, 0.5) is 10.7 Å². The summed E-state index contributed by atoms with van der Waals surface area (Å²) < 4.78 is 5.73. The van der Waals surface area contributed by atoms with Crippen LogP contribution in [0.1, 0.15) is 6.92 Å². The Morgan fingerprint density at radius 3 is 2.95 bits per heavy atom. The molecule has 19 heavy (non-hydrogen) atoms. The number of fused-ring (bicyclic) bond motifs is 1. The third-order valence-electron chi connectivity index (χ3n) is 2.42. The lowest BCUT2D eigenvalue weighted by atomic mass is 10.2. The highest BCUT2D eigenvalue weighted by Crippen LogP contribution is 2.31. The number of rotatable bonds is 5. The molecule has 0 unspecified atom stereocenters. The van der Waals surface area contributed by atoms with E-state index in [2.05, 4.69) is 5.32 Å². The van der Waals surface area contributed by atoms with Gasteiger partial charge in [0.15, 0.2) is 0 Å². The molecule has 0 saturated carbocycles. The summed E-state index contributed by atoms with van der Waals surface area (Å²) in [7, 11) is 0. The molecule has 0 amide bonds. The minimum Gasteiger partial charge on any atom is -0.465 e. The van der Waals surface area contributed by atoms with Gasteiger partial charge < -0.3 is 10.1 Å². The first-order valence-electron chi connectivity index (χ1n) is 5.67. The number of non-ortho nitro benzene ring substituents is 1. The van der Waals surface area contributed by atoms with Crippen molar-refractivity contribution in [2.45, 2.75) is 6.92 Å². The highest BCUT2D eigenvalue weighted by Gasteiger charge is 2.09. The maximum atomic E-state index is 11.2. The van der Waals surface area contributed by atoms with Crippen LogP contribution in [0.15, 0.2) is 24.3 Å². The van der Waals surface area contributed by atoms with E-state index in [9.17, 15) is 14.9 Å². The number of nitrogens with one attached hydrogen (secondary N) is 1. The average molecular weight is 280 g/mol. The quantitative estimate of drug-likeness (QED) is 0.517. The Labute approximate surface area is 113 Å². The van der Waals surface area contributed by atoms with Crippen LogP contribution in [0, 0.1) is 10.1 Å². The number of nitrogens with zero attached hydrogens (tertiary/aromatic N) is 1. The fourth-order valence-corrected chi connectivity index (χ4v) is 2.54. The van der Waals surface area contributed by atoms with Crippen molar-refractivity contribution in [3.8, 4) is 0 Å². The number of benzene rings is 1. The summed E-state index contributed by atoms with van der Waals surface area (Å²) in [6.45, 7) is 2.18. The van der Waals surface area contributed by atoms with Crippen molar-refractivity contribution < 1.29 is 14.5 Å². The molecule has 0 fully saturated rings. The molecule has 0 saturated heterocycles. The van der Waals surface area contributed by atoms with Gasteiger partial charge in [-0.3, -0.25) is 14.9 Å². The van der Waals surface area contributed by atoms with Gasteiger partial charge in [-0.2, -0.15) is 0 Å². The molecule has 7 heteroatoms. The number of hydrogen-bond acceptors (Lipinski definition) is 6. The summed E-state index contributed by atoms with van der Waals surface area (Å²) in [6, 6.07) is 6.47. The van der Waals surface area contributed by atoms with Gasteiger partial charge in [-0.1, -0.05) is 0 Å². The Bertz CT molecular complexity index is 623. The molecule has 100 valence electrons. The molecule has 1 aromatic carbocycles. The molecule has 2 rings (SSSR count). The van der Waals surface area contributed by atoms with E-state index in [0.29, 0.717) is 6.61 Å². The fraction of sp³-hybridized carbons (Fsp3) is 0.250. The number of esters is 1. The second kappa shape index (κ2) is 5.66. The lowest BCUT2D eigenvalue weighted by Crippen LogP contribution is -2.15.